The Morgan fingerprint density at radius 2 is 2.04 bits per heavy atom. The molecule has 1 aliphatic carbocycles. The minimum absolute atomic E-state index is 0.0951. The molecule has 1 aromatic heterocycles. The molecule has 2 N–H and O–H groups in total. The van der Waals surface area contributed by atoms with Crippen molar-refractivity contribution in [2.24, 2.45) is 5.92 Å². The minimum Gasteiger partial charge on any atom is -0.356 e. The summed E-state index contributed by atoms with van der Waals surface area (Å²) < 4.78 is 0.822. The van der Waals surface area contributed by atoms with Gasteiger partial charge in [0.2, 0.25) is 11.0 Å². The first-order valence-electron chi connectivity index (χ1n) is 8.74. The zero-order valence-corrected chi connectivity index (χ0v) is 16.0. The average molecular weight is 377 g/mol. The molecule has 1 heterocycles. The molecule has 0 saturated heterocycles. The number of carbonyl (C=O) groups is 1. The van der Waals surface area contributed by atoms with E-state index in [0.717, 1.165) is 22.4 Å². The van der Waals surface area contributed by atoms with Gasteiger partial charge in [0.05, 0.1) is 5.75 Å². The number of hydrogen-bond acceptors (Lipinski definition) is 6. The normalized spacial score (nSPS) is 20.2. The van der Waals surface area contributed by atoms with Gasteiger partial charge in [-0.3, -0.25) is 4.79 Å². The van der Waals surface area contributed by atoms with Crippen molar-refractivity contribution in [3.05, 3.63) is 35.9 Å². The fourth-order valence-electron chi connectivity index (χ4n) is 3.02. The lowest BCUT2D eigenvalue weighted by Crippen LogP contribution is -2.41. The van der Waals surface area contributed by atoms with Crippen LogP contribution in [0.2, 0.25) is 0 Å². The fourth-order valence-corrected chi connectivity index (χ4v) is 4.58. The summed E-state index contributed by atoms with van der Waals surface area (Å²) in [4.78, 5) is 12.2. The standard InChI is InChI=1S/C18H24N4OS2/c1-13-7-5-6-10-15(13)20-16(23)12-24-18-22-21-17(25-18)19-11-14-8-3-2-4-9-14/h2-4,8-9,13,15H,5-7,10-12H2,1H3,(H,19,21)(H,20,23)/t13-,15-/m0/s1. The van der Waals surface area contributed by atoms with Gasteiger partial charge in [0.25, 0.3) is 0 Å². The summed E-state index contributed by atoms with van der Waals surface area (Å²) in [6, 6.07) is 10.5. The van der Waals surface area contributed by atoms with Crippen molar-refractivity contribution >= 4 is 34.1 Å². The van der Waals surface area contributed by atoms with E-state index in [1.807, 2.05) is 18.2 Å². The second kappa shape index (κ2) is 9.20. The molecule has 2 aromatic rings. The molecule has 134 valence electrons. The third kappa shape index (κ3) is 5.71. The monoisotopic (exact) mass is 376 g/mol. The predicted molar refractivity (Wildman–Crippen MR) is 104 cm³/mol. The molecule has 1 aliphatic rings. The maximum Gasteiger partial charge on any atom is 0.230 e. The largest absolute Gasteiger partial charge is 0.356 e. The number of carbonyl (C=O) groups excluding carboxylic acids is 1. The molecule has 2 atom stereocenters. The smallest absolute Gasteiger partial charge is 0.230 e. The molecule has 0 aliphatic heterocycles. The topological polar surface area (TPSA) is 66.9 Å². The van der Waals surface area contributed by atoms with Crippen molar-refractivity contribution in [2.75, 3.05) is 11.1 Å². The maximum absolute atomic E-state index is 12.2. The van der Waals surface area contributed by atoms with Crippen LogP contribution in [0.3, 0.4) is 0 Å². The molecule has 0 radical (unpaired) electrons. The second-order valence-electron chi connectivity index (χ2n) is 6.44. The van der Waals surface area contributed by atoms with Gasteiger partial charge in [-0.05, 0) is 24.3 Å². The molecule has 0 unspecified atom stereocenters. The van der Waals surface area contributed by atoms with Crippen LogP contribution in [0.5, 0.6) is 0 Å². The van der Waals surface area contributed by atoms with Gasteiger partial charge in [-0.2, -0.15) is 0 Å². The molecule has 5 nitrogen and oxygen atoms in total. The number of aromatic nitrogens is 2. The third-order valence-corrected chi connectivity index (χ3v) is 6.49. The van der Waals surface area contributed by atoms with Crippen LogP contribution in [-0.4, -0.2) is 27.9 Å². The number of thioether (sulfide) groups is 1. The van der Waals surface area contributed by atoms with E-state index in [1.165, 1.54) is 47.9 Å². The Bertz CT molecular complexity index is 677. The van der Waals surface area contributed by atoms with Crippen molar-refractivity contribution in [3.63, 3.8) is 0 Å². The summed E-state index contributed by atoms with van der Waals surface area (Å²) in [6.45, 7) is 2.95. The third-order valence-electron chi connectivity index (χ3n) is 4.48. The van der Waals surface area contributed by atoms with Crippen molar-refractivity contribution in [1.82, 2.24) is 15.5 Å². The van der Waals surface area contributed by atoms with Crippen LogP contribution in [0.15, 0.2) is 34.7 Å². The van der Waals surface area contributed by atoms with Gasteiger partial charge in [-0.25, -0.2) is 0 Å². The van der Waals surface area contributed by atoms with Crippen LogP contribution < -0.4 is 10.6 Å². The summed E-state index contributed by atoms with van der Waals surface area (Å²) >= 11 is 2.94. The number of nitrogens with one attached hydrogen (secondary N) is 2. The lowest BCUT2D eigenvalue weighted by Gasteiger charge is -2.29. The number of hydrogen-bond donors (Lipinski definition) is 2. The highest BCUT2D eigenvalue weighted by Gasteiger charge is 2.22. The molecular weight excluding hydrogens is 352 g/mol. The van der Waals surface area contributed by atoms with Crippen LogP contribution in [-0.2, 0) is 11.3 Å². The van der Waals surface area contributed by atoms with Gasteiger partial charge in [0.15, 0.2) is 4.34 Å². The van der Waals surface area contributed by atoms with Crippen molar-refractivity contribution in [3.8, 4) is 0 Å². The molecule has 25 heavy (non-hydrogen) atoms. The van der Waals surface area contributed by atoms with Crippen LogP contribution in [0.4, 0.5) is 5.13 Å². The maximum atomic E-state index is 12.2. The fraction of sp³-hybridized carbons (Fsp3) is 0.500. The van der Waals surface area contributed by atoms with Gasteiger partial charge in [-0.15, -0.1) is 10.2 Å². The van der Waals surface area contributed by atoms with E-state index < -0.39 is 0 Å². The van der Waals surface area contributed by atoms with Gasteiger partial charge in [-0.1, -0.05) is 73.2 Å². The molecular formula is C18H24N4OS2. The Hall–Kier alpha value is -1.60. The molecule has 1 saturated carbocycles. The first-order valence-corrected chi connectivity index (χ1v) is 10.5. The van der Waals surface area contributed by atoms with Gasteiger partial charge >= 0.3 is 0 Å². The van der Waals surface area contributed by atoms with E-state index in [2.05, 4.69) is 39.9 Å². The highest BCUT2D eigenvalue weighted by atomic mass is 32.2. The molecule has 0 bridgehead atoms. The Morgan fingerprint density at radius 1 is 1.24 bits per heavy atom. The van der Waals surface area contributed by atoms with Gasteiger partial charge in [0.1, 0.15) is 0 Å². The Balaban J connectivity index is 1.41. The summed E-state index contributed by atoms with van der Waals surface area (Å²) in [5, 5.41) is 15.5. The molecule has 1 fully saturated rings. The average Bonchev–Trinajstić information content (AvgIpc) is 3.09. The summed E-state index contributed by atoms with van der Waals surface area (Å²) in [5.74, 6) is 1.08. The molecule has 0 spiro atoms. The SMILES string of the molecule is C[C@H]1CCCC[C@@H]1NC(=O)CSc1nnc(NCc2ccccc2)s1. The number of rotatable bonds is 7. The van der Waals surface area contributed by atoms with Crippen LogP contribution in [0.25, 0.3) is 0 Å². The van der Waals surface area contributed by atoms with Crippen molar-refractivity contribution in [2.45, 2.75) is 49.5 Å². The van der Waals surface area contributed by atoms with Crippen LogP contribution in [0.1, 0.15) is 38.2 Å². The molecule has 3 rings (SSSR count). The zero-order valence-electron chi connectivity index (χ0n) is 14.4. The highest BCUT2D eigenvalue weighted by molar-refractivity contribution is 8.01. The summed E-state index contributed by atoms with van der Waals surface area (Å²) in [5.41, 5.74) is 1.20. The summed E-state index contributed by atoms with van der Waals surface area (Å²) in [7, 11) is 0. The number of nitrogens with zero attached hydrogens (tertiary/aromatic N) is 2. The number of amides is 1. The summed E-state index contributed by atoms with van der Waals surface area (Å²) in [6.07, 6.45) is 4.82. The van der Waals surface area contributed by atoms with E-state index in [0.29, 0.717) is 17.7 Å². The Morgan fingerprint density at radius 3 is 2.84 bits per heavy atom. The van der Waals surface area contributed by atoms with Crippen LogP contribution >= 0.6 is 23.1 Å². The highest BCUT2D eigenvalue weighted by Crippen LogP contribution is 2.27. The van der Waals surface area contributed by atoms with E-state index in [4.69, 9.17) is 0 Å². The van der Waals surface area contributed by atoms with Gasteiger partial charge in [0, 0.05) is 12.6 Å². The number of benzene rings is 1. The quantitative estimate of drug-likeness (QED) is 0.717. The first-order chi connectivity index (χ1) is 12.2. The molecule has 1 aromatic carbocycles. The first kappa shape index (κ1) is 18.2. The number of anilines is 1. The van der Waals surface area contributed by atoms with Gasteiger partial charge < -0.3 is 10.6 Å². The second-order valence-corrected chi connectivity index (χ2v) is 8.64. The lowest BCUT2D eigenvalue weighted by atomic mass is 9.86. The van der Waals surface area contributed by atoms with E-state index in [9.17, 15) is 4.79 Å². The Kier molecular flexibility index (Phi) is 6.69. The van der Waals surface area contributed by atoms with Crippen LogP contribution in [0, 0.1) is 5.92 Å². The van der Waals surface area contributed by atoms with E-state index >= 15 is 0 Å². The van der Waals surface area contributed by atoms with E-state index in [1.54, 1.807) is 0 Å². The lowest BCUT2D eigenvalue weighted by molar-refractivity contribution is -0.119. The zero-order chi connectivity index (χ0) is 17.5. The molecule has 7 heteroatoms. The molecule has 1 amide bonds. The van der Waals surface area contributed by atoms with Crippen molar-refractivity contribution in [1.29, 1.82) is 0 Å². The Labute approximate surface area is 157 Å². The van der Waals surface area contributed by atoms with Crippen molar-refractivity contribution < 1.29 is 4.79 Å². The van der Waals surface area contributed by atoms with E-state index in [-0.39, 0.29) is 5.91 Å². The predicted octanol–water partition coefficient (Wildman–Crippen LogP) is 3.94. The minimum atomic E-state index is 0.0951.